The van der Waals surface area contributed by atoms with Crippen LogP contribution in [0.4, 0.5) is 0 Å². The van der Waals surface area contributed by atoms with Gasteiger partial charge < -0.3 is 4.74 Å². The molecular weight excluding hydrogens is 188 g/mol. The Bertz CT molecular complexity index is 278. The molecule has 0 saturated carbocycles. The number of ether oxygens (including phenoxy) is 1. The third kappa shape index (κ3) is 2.46. The molecule has 14 heavy (non-hydrogen) atoms. The fraction of sp³-hybridized carbons (Fsp3) is 0.500. The summed E-state index contributed by atoms with van der Waals surface area (Å²) in [6.45, 7) is 0.969. The number of hydrogen-bond donors (Lipinski definition) is 0. The van der Waals surface area contributed by atoms with Crippen LogP contribution in [-0.4, -0.2) is 22.1 Å². The lowest BCUT2D eigenvalue weighted by atomic mass is 10.0. The van der Waals surface area contributed by atoms with Crippen LogP contribution in [0.5, 0.6) is 0 Å². The van der Waals surface area contributed by atoms with Crippen LogP contribution in [0.1, 0.15) is 24.8 Å². The van der Waals surface area contributed by atoms with E-state index in [0.717, 1.165) is 23.3 Å². The summed E-state index contributed by atoms with van der Waals surface area (Å²) >= 11 is 0. The first-order valence-corrected chi connectivity index (χ1v) is 6.46. The van der Waals surface area contributed by atoms with Crippen molar-refractivity contribution in [1.29, 1.82) is 0 Å². The van der Waals surface area contributed by atoms with Crippen molar-refractivity contribution in [3.8, 4) is 0 Å². The highest BCUT2D eigenvalue weighted by molar-refractivity contribution is 6.14. The molecule has 1 saturated heterocycles. The van der Waals surface area contributed by atoms with Gasteiger partial charge in [-0.05, 0) is 31.2 Å². The van der Waals surface area contributed by atoms with Crippen LogP contribution in [0.25, 0.3) is 0 Å². The molecule has 1 nitrogen and oxygen atoms in total. The van der Waals surface area contributed by atoms with Gasteiger partial charge in [0.2, 0.25) is 0 Å². The maximum atomic E-state index is 5.93. The standard InChI is InChI=1S/C12H18OSi/c14-12(8-4-5-9-13-12)10-11-6-2-1-3-7-11/h1-3,6-7H,4-5,8-10H2,14H3. The van der Waals surface area contributed by atoms with Crippen LogP contribution in [-0.2, 0) is 11.2 Å². The minimum atomic E-state index is 0.222. The summed E-state index contributed by atoms with van der Waals surface area (Å²) < 4.78 is 5.93. The highest BCUT2D eigenvalue weighted by atomic mass is 28.1. The van der Waals surface area contributed by atoms with E-state index in [1.54, 1.807) is 0 Å². The van der Waals surface area contributed by atoms with Gasteiger partial charge in [-0.3, -0.25) is 0 Å². The molecule has 1 fully saturated rings. The van der Waals surface area contributed by atoms with Gasteiger partial charge in [0.25, 0.3) is 0 Å². The predicted molar refractivity (Wildman–Crippen MR) is 62.6 cm³/mol. The van der Waals surface area contributed by atoms with Gasteiger partial charge in [0.1, 0.15) is 0 Å². The van der Waals surface area contributed by atoms with Gasteiger partial charge in [0.15, 0.2) is 0 Å². The average molecular weight is 206 g/mol. The molecule has 2 rings (SSSR count). The van der Waals surface area contributed by atoms with Crippen molar-refractivity contribution in [2.75, 3.05) is 6.61 Å². The number of hydrogen-bond acceptors (Lipinski definition) is 1. The third-order valence-corrected chi connectivity index (χ3v) is 4.11. The Morgan fingerprint density at radius 2 is 2.00 bits per heavy atom. The summed E-state index contributed by atoms with van der Waals surface area (Å²) in [5.41, 5.74) is 1.42. The van der Waals surface area contributed by atoms with Gasteiger partial charge >= 0.3 is 0 Å². The lowest BCUT2D eigenvalue weighted by Gasteiger charge is -2.34. The average Bonchev–Trinajstić information content (AvgIpc) is 2.19. The van der Waals surface area contributed by atoms with Crippen molar-refractivity contribution in [1.82, 2.24) is 0 Å². The van der Waals surface area contributed by atoms with E-state index in [1.807, 2.05) is 0 Å². The van der Waals surface area contributed by atoms with Crippen LogP contribution in [0.3, 0.4) is 0 Å². The Labute approximate surface area is 88.9 Å². The van der Waals surface area contributed by atoms with E-state index in [-0.39, 0.29) is 5.22 Å². The van der Waals surface area contributed by atoms with Crippen molar-refractivity contribution in [3.63, 3.8) is 0 Å². The predicted octanol–water partition coefficient (Wildman–Crippen LogP) is 1.49. The summed E-state index contributed by atoms with van der Waals surface area (Å²) in [6.07, 6.45) is 4.96. The van der Waals surface area contributed by atoms with Crippen molar-refractivity contribution in [2.45, 2.75) is 30.9 Å². The van der Waals surface area contributed by atoms with E-state index in [1.165, 1.54) is 24.8 Å². The van der Waals surface area contributed by atoms with E-state index in [2.05, 4.69) is 30.3 Å². The summed E-state index contributed by atoms with van der Waals surface area (Å²) in [5, 5.41) is 0.222. The second kappa shape index (κ2) is 4.28. The van der Waals surface area contributed by atoms with E-state index < -0.39 is 0 Å². The second-order valence-electron chi connectivity index (χ2n) is 4.42. The van der Waals surface area contributed by atoms with Gasteiger partial charge in [0, 0.05) is 16.8 Å². The van der Waals surface area contributed by atoms with Crippen molar-refractivity contribution < 1.29 is 4.74 Å². The Kier molecular flexibility index (Phi) is 3.04. The highest BCUT2D eigenvalue weighted by Crippen LogP contribution is 2.25. The summed E-state index contributed by atoms with van der Waals surface area (Å²) in [7, 11) is 1.14. The van der Waals surface area contributed by atoms with Crippen LogP contribution < -0.4 is 0 Å². The van der Waals surface area contributed by atoms with E-state index in [0.29, 0.717) is 0 Å². The molecule has 1 aliphatic heterocycles. The molecule has 1 aromatic rings. The van der Waals surface area contributed by atoms with Gasteiger partial charge in [-0.2, -0.15) is 0 Å². The molecule has 0 radical (unpaired) electrons. The fourth-order valence-corrected chi connectivity index (χ4v) is 3.12. The monoisotopic (exact) mass is 206 g/mol. The first-order chi connectivity index (χ1) is 6.79. The Morgan fingerprint density at radius 3 is 2.64 bits per heavy atom. The molecule has 1 heterocycles. The number of rotatable bonds is 2. The molecule has 2 heteroatoms. The molecule has 1 aliphatic rings. The fourth-order valence-electron chi connectivity index (χ4n) is 2.16. The molecule has 0 aliphatic carbocycles. The summed E-state index contributed by atoms with van der Waals surface area (Å²) in [6, 6.07) is 10.7. The van der Waals surface area contributed by atoms with Crippen molar-refractivity contribution in [2.24, 2.45) is 0 Å². The largest absolute Gasteiger partial charge is 0.379 e. The van der Waals surface area contributed by atoms with Crippen LogP contribution in [0.15, 0.2) is 30.3 Å². The first-order valence-electron chi connectivity index (χ1n) is 5.46. The van der Waals surface area contributed by atoms with Crippen LogP contribution >= 0.6 is 0 Å². The Balaban J connectivity index is 2.02. The second-order valence-corrected chi connectivity index (χ2v) is 6.24. The maximum absolute atomic E-state index is 5.93. The zero-order chi connectivity index (χ0) is 9.86. The minimum Gasteiger partial charge on any atom is -0.379 e. The SMILES string of the molecule is [SiH3]C1(Cc2ccccc2)CCCCO1. The third-order valence-electron chi connectivity index (χ3n) is 2.97. The lowest BCUT2D eigenvalue weighted by Crippen LogP contribution is -2.38. The maximum Gasteiger partial charge on any atom is 0.0525 e. The molecule has 1 atom stereocenters. The van der Waals surface area contributed by atoms with Gasteiger partial charge in [-0.15, -0.1) is 0 Å². The number of benzene rings is 1. The van der Waals surface area contributed by atoms with Gasteiger partial charge in [0.05, 0.1) is 5.22 Å². The minimum absolute atomic E-state index is 0.222. The normalized spacial score (nSPS) is 27.7. The lowest BCUT2D eigenvalue weighted by molar-refractivity contribution is -0.0168. The topological polar surface area (TPSA) is 9.23 Å². The Morgan fingerprint density at radius 1 is 1.21 bits per heavy atom. The summed E-state index contributed by atoms with van der Waals surface area (Å²) in [5.74, 6) is 0. The van der Waals surface area contributed by atoms with Gasteiger partial charge in [-0.1, -0.05) is 30.3 Å². The molecule has 1 aromatic carbocycles. The van der Waals surface area contributed by atoms with Crippen LogP contribution in [0, 0.1) is 0 Å². The molecule has 0 N–H and O–H groups in total. The quantitative estimate of drug-likeness (QED) is 0.666. The summed E-state index contributed by atoms with van der Waals surface area (Å²) in [4.78, 5) is 0. The van der Waals surface area contributed by atoms with Crippen LogP contribution in [0.2, 0.25) is 0 Å². The smallest absolute Gasteiger partial charge is 0.0525 e. The van der Waals surface area contributed by atoms with Crippen molar-refractivity contribution in [3.05, 3.63) is 35.9 Å². The highest BCUT2D eigenvalue weighted by Gasteiger charge is 2.27. The first kappa shape index (κ1) is 9.93. The molecule has 0 aromatic heterocycles. The Hall–Kier alpha value is -0.603. The van der Waals surface area contributed by atoms with E-state index in [9.17, 15) is 0 Å². The molecule has 76 valence electrons. The van der Waals surface area contributed by atoms with Gasteiger partial charge in [-0.25, -0.2) is 0 Å². The van der Waals surface area contributed by atoms with Crippen molar-refractivity contribution >= 4 is 10.2 Å². The molecular formula is C12H18OSi. The van der Waals surface area contributed by atoms with E-state index >= 15 is 0 Å². The molecule has 0 bridgehead atoms. The molecule has 0 amide bonds. The zero-order valence-corrected chi connectivity index (χ0v) is 10.8. The van der Waals surface area contributed by atoms with E-state index in [4.69, 9.17) is 4.74 Å². The zero-order valence-electron chi connectivity index (χ0n) is 8.83. The molecule has 1 unspecified atom stereocenters. The molecule has 0 spiro atoms.